The number of hydrogen-bond donors (Lipinski definition) is 1. The van der Waals surface area contributed by atoms with Gasteiger partial charge in [0.25, 0.3) is 0 Å². The number of amides is 1. The van der Waals surface area contributed by atoms with Crippen LogP contribution < -0.4 is 0 Å². The molecule has 1 amide bonds. The van der Waals surface area contributed by atoms with Crippen LogP contribution in [0.1, 0.15) is 33.6 Å². The van der Waals surface area contributed by atoms with Crippen molar-refractivity contribution in [3.8, 4) is 0 Å². The van der Waals surface area contributed by atoms with Gasteiger partial charge in [-0.25, -0.2) is 0 Å². The molecule has 0 aromatic rings. The fraction of sp³-hybridized carbons (Fsp3) is 0.909. The maximum atomic E-state index is 11.9. The van der Waals surface area contributed by atoms with E-state index in [0.29, 0.717) is 5.92 Å². The number of rotatable bonds is 3. The number of aliphatic hydroxyl groups excluding tert-OH is 1. The van der Waals surface area contributed by atoms with E-state index in [1.165, 1.54) is 0 Å². The lowest BCUT2D eigenvalue weighted by atomic mass is 10.0. The minimum absolute atomic E-state index is 0.0523. The Morgan fingerprint density at radius 2 is 2.29 bits per heavy atom. The molecule has 1 saturated heterocycles. The van der Waals surface area contributed by atoms with Gasteiger partial charge in [-0.3, -0.25) is 4.79 Å². The number of aliphatic hydroxyl groups is 1. The summed E-state index contributed by atoms with van der Waals surface area (Å²) in [6.07, 6.45) is 1.90. The molecule has 0 radical (unpaired) electrons. The predicted octanol–water partition coefficient (Wildman–Crippen LogP) is 1.26. The van der Waals surface area contributed by atoms with Crippen LogP contribution in [0.4, 0.5) is 0 Å². The lowest BCUT2D eigenvalue weighted by Crippen LogP contribution is -2.42. The third-order valence-electron chi connectivity index (χ3n) is 3.39. The number of carbonyl (C=O) groups excluding carboxylic acids is 1. The first-order valence-corrected chi connectivity index (χ1v) is 5.53. The molecule has 0 spiro atoms. The maximum Gasteiger partial charge on any atom is 0.225 e. The van der Waals surface area contributed by atoms with Gasteiger partial charge in [0.05, 0.1) is 12.6 Å². The summed E-state index contributed by atoms with van der Waals surface area (Å²) in [6.45, 7) is 7.00. The first kappa shape index (κ1) is 11.5. The number of nitrogens with zero attached hydrogens (tertiary/aromatic N) is 1. The van der Waals surface area contributed by atoms with Crippen molar-refractivity contribution >= 4 is 5.91 Å². The van der Waals surface area contributed by atoms with E-state index < -0.39 is 0 Å². The van der Waals surface area contributed by atoms with Crippen LogP contribution >= 0.6 is 0 Å². The third-order valence-corrected chi connectivity index (χ3v) is 3.39. The van der Waals surface area contributed by atoms with Crippen molar-refractivity contribution in [2.75, 3.05) is 13.2 Å². The quantitative estimate of drug-likeness (QED) is 0.743. The van der Waals surface area contributed by atoms with Crippen LogP contribution in [0.5, 0.6) is 0 Å². The molecule has 3 atom stereocenters. The second-order valence-corrected chi connectivity index (χ2v) is 4.36. The van der Waals surface area contributed by atoms with E-state index in [1.54, 1.807) is 0 Å². The van der Waals surface area contributed by atoms with Crippen LogP contribution in [-0.2, 0) is 4.79 Å². The fourth-order valence-electron chi connectivity index (χ4n) is 2.02. The largest absolute Gasteiger partial charge is 0.394 e. The SMILES string of the molecule is CCC(C)C(=O)N1CCC(C)C1CO. The van der Waals surface area contributed by atoms with Gasteiger partial charge in [0, 0.05) is 12.5 Å². The maximum absolute atomic E-state index is 11.9. The van der Waals surface area contributed by atoms with E-state index in [1.807, 2.05) is 18.7 Å². The van der Waals surface area contributed by atoms with Crippen LogP contribution in [0, 0.1) is 11.8 Å². The van der Waals surface area contributed by atoms with Gasteiger partial charge in [0.2, 0.25) is 5.91 Å². The van der Waals surface area contributed by atoms with Gasteiger partial charge in [-0.1, -0.05) is 20.8 Å². The van der Waals surface area contributed by atoms with Crippen molar-refractivity contribution in [1.82, 2.24) is 4.90 Å². The van der Waals surface area contributed by atoms with Crippen molar-refractivity contribution in [2.45, 2.75) is 39.7 Å². The molecular formula is C11H21NO2. The summed E-state index contributed by atoms with van der Waals surface area (Å²) in [5, 5.41) is 9.22. The van der Waals surface area contributed by atoms with E-state index in [4.69, 9.17) is 0 Å². The smallest absolute Gasteiger partial charge is 0.225 e. The summed E-state index contributed by atoms with van der Waals surface area (Å²) in [5.41, 5.74) is 0. The molecule has 1 heterocycles. The van der Waals surface area contributed by atoms with E-state index in [0.717, 1.165) is 19.4 Å². The average Bonchev–Trinajstić information content (AvgIpc) is 2.57. The van der Waals surface area contributed by atoms with Crippen molar-refractivity contribution in [3.05, 3.63) is 0 Å². The Morgan fingerprint density at radius 1 is 1.64 bits per heavy atom. The molecule has 0 aromatic carbocycles. The van der Waals surface area contributed by atoms with Crippen LogP contribution in [0.25, 0.3) is 0 Å². The molecule has 0 aliphatic carbocycles. The molecule has 1 aliphatic heterocycles. The normalized spacial score (nSPS) is 29.3. The summed E-state index contributed by atoms with van der Waals surface area (Å²) >= 11 is 0. The zero-order chi connectivity index (χ0) is 10.7. The van der Waals surface area contributed by atoms with Gasteiger partial charge in [0.1, 0.15) is 0 Å². The molecule has 3 heteroatoms. The molecule has 0 bridgehead atoms. The Balaban J connectivity index is 2.64. The van der Waals surface area contributed by atoms with Crippen molar-refractivity contribution in [2.24, 2.45) is 11.8 Å². The van der Waals surface area contributed by atoms with Crippen molar-refractivity contribution in [3.63, 3.8) is 0 Å². The molecular weight excluding hydrogens is 178 g/mol. The molecule has 82 valence electrons. The average molecular weight is 199 g/mol. The Bertz CT molecular complexity index is 205. The molecule has 0 aromatic heterocycles. The lowest BCUT2D eigenvalue weighted by molar-refractivity contribution is -0.137. The molecule has 3 nitrogen and oxygen atoms in total. The monoisotopic (exact) mass is 199 g/mol. The second-order valence-electron chi connectivity index (χ2n) is 4.36. The van der Waals surface area contributed by atoms with Crippen LogP contribution in [-0.4, -0.2) is 35.1 Å². The van der Waals surface area contributed by atoms with Crippen LogP contribution in [0.2, 0.25) is 0 Å². The first-order valence-electron chi connectivity index (χ1n) is 5.53. The topological polar surface area (TPSA) is 40.5 Å². The minimum atomic E-state index is 0.0523. The third kappa shape index (κ3) is 2.08. The van der Waals surface area contributed by atoms with E-state index >= 15 is 0 Å². The Kier molecular flexibility index (Phi) is 3.93. The summed E-state index contributed by atoms with van der Waals surface area (Å²) in [4.78, 5) is 13.8. The summed E-state index contributed by atoms with van der Waals surface area (Å²) < 4.78 is 0. The zero-order valence-electron chi connectivity index (χ0n) is 9.36. The highest BCUT2D eigenvalue weighted by Crippen LogP contribution is 2.25. The van der Waals surface area contributed by atoms with Crippen molar-refractivity contribution < 1.29 is 9.90 Å². The summed E-state index contributed by atoms with van der Waals surface area (Å²) in [5.74, 6) is 0.734. The van der Waals surface area contributed by atoms with Gasteiger partial charge in [-0.15, -0.1) is 0 Å². The highest BCUT2D eigenvalue weighted by molar-refractivity contribution is 5.79. The van der Waals surface area contributed by atoms with Gasteiger partial charge in [-0.2, -0.15) is 0 Å². The fourth-order valence-corrected chi connectivity index (χ4v) is 2.02. The van der Waals surface area contributed by atoms with E-state index in [9.17, 15) is 9.90 Å². The lowest BCUT2D eigenvalue weighted by Gasteiger charge is -2.27. The molecule has 0 saturated carbocycles. The Morgan fingerprint density at radius 3 is 2.79 bits per heavy atom. The van der Waals surface area contributed by atoms with Gasteiger partial charge >= 0.3 is 0 Å². The molecule has 3 unspecified atom stereocenters. The van der Waals surface area contributed by atoms with Gasteiger partial charge < -0.3 is 10.0 Å². The highest BCUT2D eigenvalue weighted by atomic mass is 16.3. The Labute approximate surface area is 86.1 Å². The molecule has 1 rings (SSSR count). The second kappa shape index (κ2) is 4.78. The molecule has 14 heavy (non-hydrogen) atoms. The van der Waals surface area contributed by atoms with Crippen LogP contribution in [0.15, 0.2) is 0 Å². The van der Waals surface area contributed by atoms with Gasteiger partial charge in [-0.05, 0) is 18.8 Å². The van der Waals surface area contributed by atoms with Crippen molar-refractivity contribution in [1.29, 1.82) is 0 Å². The first-order chi connectivity index (χ1) is 6.61. The van der Waals surface area contributed by atoms with Crippen LogP contribution in [0.3, 0.4) is 0 Å². The van der Waals surface area contributed by atoms with E-state index in [2.05, 4.69) is 6.92 Å². The Hall–Kier alpha value is -0.570. The van der Waals surface area contributed by atoms with Gasteiger partial charge in [0.15, 0.2) is 0 Å². The highest BCUT2D eigenvalue weighted by Gasteiger charge is 2.34. The summed E-state index contributed by atoms with van der Waals surface area (Å²) in [6, 6.07) is 0.0523. The minimum Gasteiger partial charge on any atom is -0.394 e. The van der Waals surface area contributed by atoms with E-state index in [-0.39, 0.29) is 24.5 Å². The number of hydrogen-bond acceptors (Lipinski definition) is 2. The standard InChI is InChI=1S/C11H21NO2/c1-4-8(2)11(14)12-6-5-9(3)10(12)7-13/h8-10,13H,4-7H2,1-3H3. The zero-order valence-corrected chi connectivity index (χ0v) is 9.36. The molecule has 1 aliphatic rings. The number of carbonyl (C=O) groups is 1. The number of likely N-dealkylation sites (tertiary alicyclic amines) is 1. The molecule has 1 fully saturated rings. The predicted molar refractivity (Wildman–Crippen MR) is 55.8 cm³/mol. The molecule has 1 N–H and O–H groups in total. The summed E-state index contributed by atoms with van der Waals surface area (Å²) in [7, 11) is 0.